The van der Waals surface area contributed by atoms with Gasteiger partial charge in [-0.15, -0.1) is 24.8 Å². The molecule has 0 bridgehead atoms. The monoisotopic (exact) mass is 360 g/mol. The largest absolute Gasteiger partial charge is 0.368 e. The fraction of sp³-hybridized carbons (Fsp3) is 0.467. The van der Waals surface area contributed by atoms with Crippen LogP contribution in [0.4, 0.5) is 5.69 Å². The van der Waals surface area contributed by atoms with Gasteiger partial charge in [-0.2, -0.15) is 0 Å². The Morgan fingerprint density at radius 2 is 2.00 bits per heavy atom. The molecule has 1 aliphatic rings. The number of fused-ring (bicyclic) bond motifs is 1. The second-order valence-corrected chi connectivity index (χ2v) is 5.46. The first-order chi connectivity index (χ1) is 10.1. The van der Waals surface area contributed by atoms with Crippen molar-refractivity contribution in [3.8, 4) is 0 Å². The molecule has 0 atom stereocenters. The highest BCUT2D eigenvalue weighted by atomic mass is 35.5. The highest BCUT2D eigenvalue weighted by molar-refractivity contribution is 5.98. The van der Waals surface area contributed by atoms with E-state index in [4.69, 9.17) is 4.74 Å². The molecule has 0 spiro atoms. The van der Waals surface area contributed by atoms with E-state index in [9.17, 15) is 4.79 Å². The molecule has 3 N–H and O–H groups in total. The normalized spacial score (nSPS) is 16.3. The minimum Gasteiger partial charge on any atom is -0.368 e. The molecule has 23 heavy (non-hydrogen) atoms. The number of H-pyrrole nitrogens is 1. The molecule has 1 aromatic carbocycles. The highest BCUT2D eigenvalue weighted by Crippen LogP contribution is 2.25. The number of nitrogens with zero attached hydrogens (tertiary/aromatic N) is 1. The van der Waals surface area contributed by atoms with Gasteiger partial charge in [-0.3, -0.25) is 4.79 Å². The van der Waals surface area contributed by atoms with Gasteiger partial charge in [-0.1, -0.05) is 0 Å². The molecule has 1 saturated heterocycles. The van der Waals surface area contributed by atoms with E-state index in [2.05, 4.69) is 20.6 Å². The summed E-state index contributed by atoms with van der Waals surface area (Å²) >= 11 is 0. The predicted molar refractivity (Wildman–Crippen MR) is 95.8 cm³/mol. The van der Waals surface area contributed by atoms with Crippen molar-refractivity contribution < 1.29 is 9.53 Å². The third-order valence-electron chi connectivity index (χ3n) is 4.07. The van der Waals surface area contributed by atoms with E-state index >= 15 is 0 Å². The number of anilines is 1. The van der Waals surface area contributed by atoms with Gasteiger partial charge < -0.3 is 20.4 Å². The van der Waals surface area contributed by atoms with E-state index in [0.29, 0.717) is 12.8 Å². The number of piperidine rings is 1. The van der Waals surface area contributed by atoms with Crippen LogP contribution in [0.5, 0.6) is 0 Å². The molecule has 6 nitrogen and oxygen atoms in total. The van der Waals surface area contributed by atoms with Crippen molar-refractivity contribution in [3.05, 3.63) is 24.0 Å². The zero-order valence-corrected chi connectivity index (χ0v) is 14.8. The second kappa shape index (κ2) is 7.97. The van der Waals surface area contributed by atoms with Gasteiger partial charge in [-0.25, -0.2) is 4.98 Å². The van der Waals surface area contributed by atoms with Gasteiger partial charge in [0.25, 0.3) is 5.91 Å². The van der Waals surface area contributed by atoms with Crippen LogP contribution in [0.2, 0.25) is 0 Å². The summed E-state index contributed by atoms with van der Waals surface area (Å²) in [6.07, 6.45) is 1.36. The van der Waals surface area contributed by atoms with E-state index in [1.54, 1.807) is 7.11 Å². The molecule has 0 radical (unpaired) electrons. The SMILES string of the molecule is COC1(C(=O)Nc2ccc3nc(C)[nH]c3c2)CCNCC1.Cl.Cl. The van der Waals surface area contributed by atoms with Crippen LogP contribution in [-0.2, 0) is 9.53 Å². The van der Waals surface area contributed by atoms with E-state index < -0.39 is 5.60 Å². The first-order valence-corrected chi connectivity index (χ1v) is 7.17. The average Bonchev–Trinajstić information content (AvgIpc) is 2.87. The summed E-state index contributed by atoms with van der Waals surface area (Å²) in [5.74, 6) is 0.780. The van der Waals surface area contributed by atoms with Gasteiger partial charge >= 0.3 is 0 Å². The van der Waals surface area contributed by atoms with Gasteiger partial charge in [0.1, 0.15) is 11.4 Å². The van der Waals surface area contributed by atoms with Crippen LogP contribution in [0, 0.1) is 6.92 Å². The number of hydrogen-bond acceptors (Lipinski definition) is 4. The Kier molecular flexibility index (Phi) is 6.83. The number of rotatable bonds is 3. The molecule has 1 aromatic heterocycles. The number of amides is 1. The standard InChI is InChI=1S/C15H20N4O2.2ClH/c1-10-17-12-4-3-11(9-13(12)18-10)19-14(20)15(21-2)5-7-16-8-6-15;;/h3-4,9,16H,5-8H2,1-2H3,(H,17,18)(H,19,20);2*1H. The van der Waals surface area contributed by atoms with Crippen molar-refractivity contribution in [1.29, 1.82) is 0 Å². The third-order valence-corrected chi connectivity index (χ3v) is 4.07. The number of ether oxygens (including phenoxy) is 1. The molecule has 2 aromatic rings. The molecule has 0 aliphatic carbocycles. The summed E-state index contributed by atoms with van der Waals surface area (Å²) in [5, 5.41) is 6.21. The van der Waals surface area contributed by atoms with Crippen LogP contribution in [0.15, 0.2) is 18.2 Å². The van der Waals surface area contributed by atoms with Crippen molar-refractivity contribution in [3.63, 3.8) is 0 Å². The summed E-state index contributed by atoms with van der Waals surface area (Å²) in [4.78, 5) is 20.1. The number of halogens is 2. The van der Waals surface area contributed by atoms with Crippen LogP contribution >= 0.6 is 24.8 Å². The lowest BCUT2D eigenvalue weighted by Crippen LogP contribution is -2.51. The van der Waals surface area contributed by atoms with Crippen molar-refractivity contribution in [2.24, 2.45) is 0 Å². The Labute approximate surface area is 147 Å². The molecule has 0 saturated carbocycles. The first kappa shape index (κ1) is 19.7. The molecule has 8 heteroatoms. The summed E-state index contributed by atoms with van der Waals surface area (Å²) in [6.45, 7) is 3.49. The minimum absolute atomic E-state index is 0. The Bertz CT molecular complexity index is 669. The number of carbonyl (C=O) groups is 1. The fourth-order valence-corrected chi connectivity index (χ4v) is 2.81. The lowest BCUT2D eigenvalue weighted by molar-refractivity contribution is -0.140. The molecule has 3 rings (SSSR count). The number of aromatic amines is 1. The zero-order chi connectivity index (χ0) is 14.9. The minimum atomic E-state index is -0.732. The molecule has 1 fully saturated rings. The van der Waals surface area contributed by atoms with Crippen molar-refractivity contribution >= 4 is 47.4 Å². The van der Waals surface area contributed by atoms with E-state index in [-0.39, 0.29) is 30.7 Å². The number of methoxy groups -OCH3 is 1. The Morgan fingerprint density at radius 1 is 1.30 bits per heavy atom. The van der Waals surface area contributed by atoms with E-state index in [1.807, 2.05) is 25.1 Å². The lowest BCUT2D eigenvalue weighted by Gasteiger charge is -2.34. The van der Waals surface area contributed by atoms with Crippen LogP contribution in [0.3, 0.4) is 0 Å². The van der Waals surface area contributed by atoms with Gasteiger partial charge in [0.2, 0.25) is 0 Å². The quantitative estimate of drug-likeness (QED) is 0.785. The summed E-state index contributed by atoms with van der Waals surface area (Å²) in [5.41, 5.74) is 1.84. The van der Waals surface area contributed by atoms with Gasteiger partial charge in [0.15, 0.2) is 0 Å². The summed E-state index contributed by atoms with van der Waals surface area (Å²) < 4.78 is 5.53. The number of imidazole rings is 1. The number of hydrogen-bond donors (Lipinski definition) is 3. The number of aromatic nitrogens is 2. The molecule has 0 unspecified atom stereocenters. The van der Waals surface area contributed by atoms with E-state index in [1.165, 1.54) is 0 Å². The molecular weight excluding hydrogens is 339 g/mol. The fourth-order valence-electron chi connectivity index (χ4n) is 2.81. The average molecular weight is 361 g/mol. The van der Waals surface area contributed by atoms with Crippen molar-refractivity contribution in [1.82, 2.24) is 15.3 Å². The smallest absolute Gasteiger partial charge is 0.256 e. The van der Waals surface area contributed by atoms with Gasteiger partial charge in [0.05, 0.1) is 11.0 Å². The maximum atomic E-state index is 12.6. The molecule has 1 amide bonds. The highest BCUT2D eigenvalue weighted by Gasteiger charge is 2.39. The number of nitrogens with one attached hydrogen (secondary N) is 3. The first-order valence-electron chi connectivity index (χ1n) is 7.17. The predicted octanol–water partition coefficient (Wildman–Crippen LogP) is 2.42. The van der Waals surface area contributed by atoms with Crippen LogP contribution in [-0.4, -0.2) is 41.7 Å². The number of aryl methyl sites for hydroxylation is 1. The Morgan fingerprint density at radius 3 is 2.65 bits per heavy atom. The zero-order valence-electron chi connectivity index (χ0n) is 13.1. The van der Waals surface area contributed by atoms with Crippen LogP contribution < -0.4 is 10.6 Å². The maximum absolute atomic E-state index is 12.6. The van der Waals surface area contributed by atoms with Gasteiger partial charge in [-0.05, 0) is 51.1 Å². The molecule has 1 aliphatic heterocycles. The number of benzene rings is 1. The molecule has 128 valence electrons. The Balaban J connectivity index is 0.00000132. The van der Waals surface area contributed by atoms with Crippen molar-refractivity contribution in [2.45, 2.75) is 25.4 Å². The summed E-state index contributed by atoms with van der Waals surface area (Å²) in [7, 11) is 1.60. The Hall–Kier alpha value is -1.34. The maximum Gasteiger partial charge on any atom is 0.256 e. The van der Waals surface area contributed by atoms with E-state index in [0.717, 1.165) is 35.6 Å². The van der Waals surface area contributed by atoms with Gasteiger partial charge in [0, 0.05) is 12.8 Å². The lowest BCUT2D eigenvalue weighted by atomic mass is 9.91. The van der Waals surface area contributed by atoms with Crippen molar-refractivity contribution in [2.75, 3.05) is 25.5 Å². The molecule has 2 heterocycles. The third kappa shape index (κ3) is 3.95. The summed E-state index contributed by atoms with van der Waals surface area (Å²) in [6, 6.07) is 5.67. The second-order valence-electron chi connectivity index (χ2n) is 5.46. The van der Waals surface area contributed by atoms with Crippen LogP contribution in [0.1, 0.15) is 18.7 Å². The topological polar surface area (TPSA) is 79.0 Å². The number of carbonyl (C=O) groups excluding carboxylic acids is 1. The molecular formula is C15H22Cl2N4O2. The van der Waals surface area contributed by atoms with Crippen LogP contribution in [0.25, 0.3) is 11.0 Å².